The molecule has 0 aromatic carbocycles. The topological polar surface area (TPSA) is 182 Å². The Kier molecular flexibility index (Phi) is 21.2. The standard InChI is InChI=1S/C2H7O3P.C2H6.CH5O4P.CH2O3/c1-2-6(3,4)5;1-2;1-5-6(2,3)4;2-1(3)4/h2H2,1H3,(H2,3,4,5);1-2H3;1H3,(H2,2,3,4);(H2,2,3,4). The summed E-state index contributed by atoms with van der Waals surface area (Å²) in [5, 5.41) is 13.9. The van der Waals surface area contributed by atoms with Crippen molar-refractivity contribution < 1.29 is 48.2 Å². The summed E-state index contributed by atoms with van der Waals surface area (Å²) < 4.78 is 22.8. The number of hydrogen-bond acceptors (Lipinski definition) is 4. The fourth-order valence-corrected chi connectivity index (χ4v) is 0. The average molecular weight is 314 g/mol. The maximum Gasteiger partial charge on any atom is 0.503 e. The van der Waals surface area contributed by atoms with Gasteiger partial charge in [-0.05, 0) is 0 Å². The Morgan fingerprint density at radius 2 is 1.17 bits per heavy atom. The number of phosphoric ester groups is 1. The Balaban J connectivity index is -0.0000000777. The molecule has 0 aromatic heterocycles. The summed E-state index contributed by atoms with van der Waals surface area (Å²) in [4.78, 5) is 39.9. The first-order valence-corrected chi connectivity index (χ1v) is 7.76. The van der Waals surface area contributed by atoms with Crippen LogP contribution in [0.15, 0.2) is 0 Å². The van der Waals surface area contributed by atoms with E-state index in [1.165, 1.54) is 6.92 Å². The highest BCUT2D eigenvalue weighted by molar-refractivity contribution is 7.51. The average Bonchev–Trinajstić information content (AvgIpc) is 2.19. The van der Waals surface area contributed by atoms with E-state index < -0.39 is 21.6 Å². The van der Waals surface area contributed by atoms with Crippen molar-refractivity contribution in [3.8, 4) is 0 Å². The molecule has 0 aliphatic rings. The van der Waals surface area contributed by atoms with Gasteiger partial charge in [0.15, 0.2) is 0 Å². The van der Waals surface area contributed by atoms with Crippen LogP contribution < -0.4 is 0 Å². The highest BCUT2D eigenvalue weighted by atomic mass is 31.2. The van der Waals surface area contributed by atoms with E-state index in [-0.39, 0.29) is 6.16 Å². The van der Waals surface area contributed by atoms with Crippen LogP contribution in [0, 0.1) is 0 Å². The molecule has 0 radical (unpaired) electrons. The molecule has 6 N–H and O–H groups in total. The molecule has 0 atom stereocenters. The summed E-state index contributed by atoms with van der Waals surface area (Å²) in [6, 6.07) is 0. The largest absolute Gasteiger partial charge is 0.503 e. The fraction of sp³-hybridized carbons (Fsp3) is 0.833. The molecule has 0 amide bonds. The SMILES string of the molecule is CC.CCP(=O)(O)O.COP(=O)(O)O.O=C(O)O. The highest BCUT2D eigenvalue weighted by Crippen LogP contribution is 2.33. The summed E-state index contributed by atoms with van der Waals surface area (Å²) in [6.07, 6.45) is -1.90. The predicted octanol–water partition coefficient (Wildman–Crippen LogP) is 1.16. The van der Waals surface area contributed by atoms with E-state index in [9.17, 15) is 9.13 Å². The first kappa shape index (κ1) is 26.2. The van der Waals surface area contributed by atoms with E-state index in [1.807, 2.05) is 13.8 Å². The molecule has 0 fully saturated rings. The molecule has 114 valence electrons. The van der Waals surface area contributed by atoms with E-state index in [2.05, 4.69) is 4.52 Å². The maximum atomic E-state index is 9.69. The minimum absolute atomic E-state index is 0.0625. The molecule has 0 unspecified atom stereocenters. The minimum Gasteiger partial charge on any atom is -0.450 e. The maximum absolute atomic E-state index is 9.69. The molecule has 0 aliphatic carbocycles. The van der Waals surface area contributed by atoms with Gasteiger partial charge in [-0.3, -0.25) is 9.09 Å². The van der Waals surface area contributed by atoms with Crippen LogP contribution in [0.25, 0.3) is 0 Å². The normalized spacial score (nSPS) is 9.56. The number of carboxylic acid groups (broad SMARTS) is 2. The second-order valence-corrected chi connectivity index (χ2v) is 5.24. The van der Waals surface area contributed by atoms with Gasteiger partial charge in [-0.15, -0.1) is 0 Å². The van der Waals surface area contributed by atoms with Crippen molar-refractivity contribution in [2.24, 2.45) is 0 Å². The predicted molar refractivity (Wildman–Crippen MR) is 63.6 cm³/mol. The molecule has 12 heteroatoms. The van der Waals surface area contributed by atoms with E-state index in [1.54, 1.807) is 0 Å². The Morgan fingerprint density at radius 3 is 1.17 bits per heavy atom. The van der Waals surface area contributed by atoms with Crippen LogP contribution in [0.4, 0.5) is 4.79 Å². The second kappa shape index (κ2) is 14.6. The van der Waals surface area contributed by atoms with Crippen LogP contribution in [0.2, 0.25) is 0 Å². The Labute approximate surface area is 105 Å². The monoisotopic (exact) mass is 314 g/mol. The van der Waals surface area contributed by atoms with E-state index >= 15 is 0 Å². The summed E-state index contributed by atoms with van der Waals surface area (Å²) >= 11 is 0. The van der Waals surface area contributed by atoms with Crippen LogP contribution >= 0.6 is 15.4 Å². The third-order valence-corrected chi connectivity index (χ3v) is 1.95. The molecular formula is C6H20O10P2. The van der Waals surface area contributed by atoms with Crippen molar-refractivity contribution >= 4 is 21.6 Å². The summed E-state index contributed by atoms with van der Waals surface area (Å²) in [5.74, 6) is 0. The first-order chi connectivity index (χ1) is 7.85. The highest BCUT2D eigenvalue weighted by Gasteiger charge is 2.07. The van der Waals surface area contributed by atoms with Crippen molar-refractivity contribution in [3.05, 3.63) is 0 Å². The van der Waals surface area contributed by atoms with Gasteiger partial charge in [-0.25, -0.2) is 9.36 Å². The third-order valence-electron chi connectivity index (χ3n) is 0.650. The van der Waals surface area contributed by atoms with Crippen LogP contribution in [0.3, 0.4) is 0 Å². The quantitative estimate of drug-likeness (QED) is 0.404. The van der Waals surface area contributed by atoms with Crippen LogP contribution in [-0.4, -0.2) is 49.2 Å². The minimum atomic E-state index is -4.15. The molecule has 0 saturated carbocycles. The van der Waals surface area contributed by atoms with E-state index in [4.69, 9.17) is 34.6 Å². The fourth-order valence-electron chi connectivity index (χ4n) is 0. The smallest absolute Gasteiger partial charge is 0.450 e. The van der Waals surface area contributed by atoms with Crippen molar-refractivity contribution in [1.29, 1.82) is 0 Å². The summed E-state index contributed by atoms with van der Waals surface area (Å²) in [6.45, 7) is 5.45. The zero-order chi connectivity index (χ0) is 16.0. The molecule has 0 rings (SSSR count). The van der Waals surface area contributed by atoms with Crippen LogP contribution in [0.1, 0.15) is 20.8 Å². The van der Waals surface area contributed by atoms with Gasteiger partial charge in [-0.1, -0.05) is 20.8 Å². The zero-order valence-corrected chi connectivity index (χ0v) is 12.2. The van der Waals surface area contributed by atoms with Crippen molar-refractivity contribution in [2.45, 2.75) is 20.8 Å². The molecule has 0 heterocycles. The van der Waals surface area contributed by atoms with Gasteiger partial charge in [0.05, 0.1) is 0 Å². The van der Waals surface area contributed by atoms with Gasteiger partial charge < -0.3 is 29.8 Å². The molecule has 10 nitrogen and oxygen atoms in total. The molecule has 0 aliphatic heterocycles. The number of rotatable bonds is 2. The lowest BCUT2D eigenvalue weighted by Crippen LogP contribution is -1.81. The lowest BCUT2D eigenvalue weighted by Gasteiger charge is -1.93. The third kappa shape index (κ3) is 107. The molecule has 18 heavy (non-hydrogen) atoms. The van der Waals surface area contributed by atoms with E-state index in [0.29, 0.717) is 0 Å². The lowest BCUT2D eigenvalue weighted by molar-refractivity contribution is 0.137. The molecule has 0 spiro atoms. The van der Waals surface area contributed by atoms with Gasteiger partial charge in [0.2, 0.25) is 0 Å². The number of hydrogen-bond donors (Lipinski definition) is 6. The number of phosphoric acid groups is 1. The van der Waals surface area contributed by atoms with Gasteiger partial charge in [0.1, 0.15) is 0 Å². The van der Waals surface area contributed by atoms with Crippen molar-refractivity contribution in [3.63, 3.8) is 0 Å². The van der Waals surface area contributed by atoms with Gasteiger partial charge >= 0.3 is 21.6 Å². The van der Waals surface area contributed by atoms with Crippen molar-refractivity contribution in [1.82, 2.24) is 0 Å². The van der Waals surface area contributed by atoms with Crippen LogP contribution in [0.5, 0.6) is 0 Å². The first-order valence-electron chi connectivity index (χ1n) is 4.43. The molecular weight excluding hydrogens is 294 g/mol. The summed E-state index contributed by atoms with van der Waals surface area (Å²) in [5.41, 5.74) is 0. The van der Waals surface area contributed by atoms with Gasteiger partial charge in [0, 0.05) is 13.3 Å². The van der Waals surface area contributed by atoms with Crippen molar-refractivity contribution in [2.75, 3.05) is 13.3 Å². The Bertz CT molecular complexity index is 240. The zero-order valence-electron chi connectivity index (χ0n) is 10.4. The summed E-state index contributed by atoms with van der Waals surface area (Å²) in [7, 11) is -6.85. The molecule has 0 saturated heterocycles. The molecule has 0 bridgehead atoms. The van der Waals surface area contributed by atoms with Gasteiger partial charge in [0.25, 0.3) is 0 Å². The molecule has 0 aromatic rings. The van der Waals surface area contributed by atoms with Gasteiger partial charge in [-0.2, -0.15) is 0 Å². The Hall–Kier alpha value is -0.470. The lowest BCUT2D eigenvalue weighted by atomic mass is 11.0. The second-order valence-electron chi connectivity index (χ2n) is 1.94. The van der Waals surface area contributed by atoms with E-state index in [0.717, 1.165) is 7.11 Å². The number of carbonyl (C=O) groups is 1. The van der Waals surface area contributed by atoms with Crippen LogP contribution in [-0.2, 0) is 13.7 Å². The Morgan fingerprint density at radius 1 is 1.06 bits per heavy atom.